The van der Waals surface area contributed by atoms with Crippen molar-refractivity contribution in [3.05, 3.63) is 127 Å². The number of aromatic nitrogens is 2. The summed E-state index contributed by atoms with van der Waals surface area (Å²) in [6.45, 7) is 0. The van der Waals surface area contributed by atoms with Gasteiger partial charge in [0.25, 0.3) is 0 Å². The molecule has 0 amide bonds. The molecule has 0 N–H and O–H groups in total. The Kier molecular flexibility index (Phi) is 6.49. The van der Waals surface area contributed by atoms with Gasteiger partial charge in [-0.1, -0.05) is 120 Å². The van der Waals surface area contributed by atoms with E-state index in [2.05, 4.69) is 171 Å². The molecule has 0 radical (unpaired) electrons. The molecule has 0 atom stereocenters. The molecule has 8 aromatic carbocycles. The average Bonchev–Trinajstić information content (AvgIpc) is 3.50. The number of fused-ring (bicyclic) bond motifs is 6. The van der Waals surface area contributed by atoms with Crippen molar-refractivity contribution in [1.82, 2.24) is 9.55 Å². The molecule has 1 heterocycles. The highest BCUT2D eigenvalue weighted by molar-refractivity contribution is 6.68. The fraction of sp³-hybridized carbons (Fsp3) is 0. The predicted molar refractivity (Wildman–Crippen MR) is 223 cm³/mol. The molecule has 0 saturated heterocycles. The number of rotatable bonds is 3. The van der Waals surface area contributed by atoms with Crippen LogP contribution in [-0.2, 0) is 0 Å². The summed E-state index contributed by atoms with van der Waals surface area (Å²) >= 11 is 0. The van der Waals surface area contributed by atoms with Crippen molar-refractivity contribution in [2.45, 2.75) is 0 Å². The van der Waals surface area contributed by atoms with Gasteiger partial charge in [-0.05, 0) is 61.6 Å². The fourth-order valence-corrected chi connectivity index (χ4v) is 8.15. The van der Waals surface area contributed by atoms with Crippen LogP contribution in [0.4, 0.5) is 0 Å². The van der Waals surface area contributed by atoms with E-state index in [1.165, 1.54) is 92.8 Å². The zero-order valence-electron chi connectivity index (χ0n) is 28.0. The first-order valence-corrected chi connectivity index (χ1v) is 16.8. The van der Waals surface area contributed by atoms with E-state index in [0.717, 1.165) is 16.9 Å². The van der Waals surface area contributed by atoms with E-state index in [4.69, 9.17) is 4.98 Å². The third kappa shape index (κ3) is 4.03. The molecule has 0 fully saturated rings. The van der Waals surface area contributed by atoms with Crippen LogP contribution < -0.4 is 27.3 Å². The largest absolute Gasteiger partial charge is 0.291 e. The maximum absolute atomic E-state index is 5.43. The Bertz CT molecular complexity index is 2720. The second-order valence-corrected chi connectivity index (χ2v) is 13.3. The molecular weight excluding hydrogens is 575 g/mol. The van der Waals surface area contributed by atoms with Crippen molar-refractivity contribution in [3.8, 4) is 28.2 Å². The molecule has 0 aliphatic rings. The van der Waals surface area contributed by atoms with Crippen molar-refractivity contribution < 1.29 is 0 Å². The van der Waals surface area contributed by atoms with Gasteiger partial charge in [0.15, 0.2) is 0 Å². The van der Waals surface area contributed by atoms with Gasteiger partial charge in [-0.2, -0.15) is 0 Å². The maximum Gasteiger partial charge on any atom is 0.144 e. The first-order chi connectivity index (χ1) is 23.4. The SMILES string of the molecule is Bc1c(B)c(B)c(-c2nc3ccccc3n2-c2c3ccccc3c(-c3cc4ccccc4c4ccccc34)c3ccccc23)c(B)c1B. The van der Waals surface area contributed by atoms with Gasteiger partial charge in [0.1, 0.15) is 45.1 Å². The Morgan fingerprint density at radius 1 is 0.417 bits per heavy atom. The van der Waals surface area contributed by atoms with Crippen molar-refractivity contribution in [2.75, 3.05) is 0 Å². The highest BCUT2D eigenvalue weighted by Gasteiger charge is 2.25. The Balaban J connectivity index is 1.48. The van der Waals surface area contributed by atoms with E-state index in [1.807, 2.05) is 0 Å². The zero-order valence-corrected chi connectivity index (χ0v) is 28.0. The average molecular weight is 606 g/mol. The lowest BCUT2D eigenvalue weighted by Gasteiger charge is -2.23. The Hall–Kier alpha value is -5.41. The lowest BCUT2D eigenvalue weighted by molar-refractivity contribution is 1.13. The lowest BCUT2D eigenvalue weighted by Crippen LogP contribution is -2.55. The highest BCUT2D eigenvalue weighted by Crippen LogP contribution is 2.46. The van der Waals surface area contributed by atoms with Crippen LogP contribution in [0.5, 0.6) is 0 Å². The van der Waals surface area contributed by atoms with Crippen LogP contribution in [0.2, 0.25) is 0 Å². The third-order valence-electron chi connectivity index (χ3n) is 10.9. The van der Waals surface area contributed by atoms with Crippen molar-refractivity contribution in [1.29, 1.82) is 0 Å². The molecule has 9 rings (SSSR count). The number of para-hydroxylation sites is 2. The zero-order chi connectivity index (χ0) is 32.7. The molecule has 0 aliphatic carbocycles. The van der Waals surface area contributed by atoms with Gasteiger partial charge in [-0.15, -0.1) is 16.4 Å². The molecule has 220 valence electrons. The van der Waals surface area contributed by atoms with E-state index in [9.17, 15) is 0 Å². The summed E-state index contributed by atoms with van der Waals surface area (Å²) in [7, 11) is 11.3. The van der Waals surface area contributed by atoms with Crippen molar-refractivity contribution in [3.63, 3.8) is 0 Å². The van der Waals surface area contributed by atoms with Crippen LogP contribution >= 0.6 is 0 Å². The molecule has 0 bridgehead atoms. The topological polar surface area (TPSA) is 17.8 Å². The van der Waals surface area contributed by atoms with Crippen molar-refractivity contribution in [2.24, 2.45) is 0 Å². The summed E-state index contributed by atoms with van der Waals surface area (Å²) in [4.78, 5) is 5.43. The van der Waals surface area contributed by atoms with Gasteiger partial charge in [-0.25, -0.2) is 4.98 Å². The van der Waals surface area contributed by atoms with Gasteiger partial charge < -0.3 is 0 Å². The second kappa shape index (κ2) is 10.8. The van der Waals surface area contributed by atoms with Gasteiger partial charge in [0, 0.05) is 16.3 Å². The molecule has 0 saturated carbocycles. The van der Waals surface area contributed by atoms with Crippen LogP contribution in [0.1, 0.15) is 0 Å². The number of hydrogen-bond acceptors (Lipinski definition) is 1. The van der Waals surface area contributed by atoms with Gasteiger partial charge in [-0.3, -0.25) is 4.57 Å². The standard InChI is InChI=1S/C41H31B5N2/c42-35-34(36(43)38(45)39(46)37(35)44)41-47-31-19-9-10-20-32(31)48(41)40-28-17-7-5-15-26(28)33(27-16-6-8-18-29(27)40)30-21-22-11-1-2-12-23(22)24-13-3-4-14-25(24)30/h1-21H,42-46H2. The van der Waals surface area contributed by atoms with Crippen LogP contribution in [0.15, 0.2) is 127 Å². The maximum atomic E-state index is 5.43. The van der Waals surface area contributed by atoms with Gasteiger partial charge in [0.2, 0.25) is 0 Å². The van der Waals surface area contributed by atoms with E-state index in [0.29, 0.717) is 0 Å². The van der Waals surface area contributed by atoms with E-state index >= 15 is 0 Å². The number of hydrogen-bond donors (Lipinski definition) is 0. The molecular formula is C41H31B5N2. The van der Waals surface area contributed by atoms with E-state index in [1.54, 1.807) is 0 Å². The monoisotopic (exact) mass is 606 g/mol. The van der Waals surface area contributed by atoms with E-state index in [-0.39, 0.29) is 0 Å². The van der Waals surface area contributed by atoms with Crippen molar-refractivity contribution >= 4 is 121 Å². The molecule has 0 aliphatic heterocycles. The highest BCUT2D eigenvalue weighted by atomic mass is 15.1. The Morgan fingerprint density at radius 3 is 1.54 bits per heavy atom. The van der Waals surface area contributed by atoms with E-state index < -0.39 is 0 Å². The Morgan fingerprint density at radius 2 is 0.896 bits per heavy atom. The van der Waals surface area contributed by atoms with Crippen LogP contribution in [0.25, 0.3) is 82.3 Å². The molecule has 48 heavy (non-hydrogen) atoms. The second-order valence-electron chi connectivity index (χ2n) is 13.3. The van der Waals surface area contributed by atoms with Crippen LogP contribution in [0.3, 0.4) is 0 Å². The number of nitrogens with zero attached hydrogens (tertiary/aromatic N) is 2. The smallest absolute Gasteiger partial charge is 0.144 e. The summed E-state index contributed by atoms with van der Waals surface area (Å²) in [5, 5.41) is 9.98. The summed E-state index contributed by atoms with van der Waals surface area (Å²) in [5.74, 6) is 0.997. The minimum absolute atomic E-state index is 0.997. The molecule has 1 aromatic heterocycles. The normalized spacial score (nSPS) is 11.8. The third-order valence-corrected chi connectivity index (χ3v) is 10.9. The van der Waals surface area contributed by atoms with Crippen LogP contribution in [0, 0.1) is 0 Å². The van der Waals surface area contributed by atoms with Gasteiger partial charge in [0.05, 0.1) is 16.7 Å². The minimum Gasteiger partial charge on any atom is -0.291 e. The quantitative estimate of drug-likeness (QED) is 0.172. The lowest BCUT2D eigenvalue weighted by atomic mass is 9.60. The molecule has 2 nitrogen and oxygen atoms in total. The summed E-state index contributed by atoms with van der Waals surface area (Å²) in [6.07, 6.45) is 0. The molecule has 0 spiro atoms. The van der Waals surface area contributed by atoms with Gasteiger partial charge >= 0.3 is 0 Å². The first-order valence-electron chi connectivity index (χ1n) is 16.8. The molecule has 9 aromatic rings. The number of benzene rings is 8. The molecule has 0 unspecified atom stereocenters. The number of imidazole rings is 1. The predicted octanol–water partition coefficient (Wildman–Crippen LogP) is 2.26. The summed E-state index contributed by atoms with van der Waals surface area (Å²) in [6, 6.07) is 46.6. The first kappa shape index (κ1) is 28.8. The minimum atomic E-state index is 0.997. The Labute approximate surface area is 284 Å². The molecule has 7 heteroatoms. The van der Waals surface area contributed by atoms with Crippen LogP contribution in [-0.4, -0.2) is 48.8 Å². The summed E-state index contributed by atoms with van der Waals surface area (Å²) < 4.78 is 2.45. The summed E-state index contributed by atoms with van der Waals surface area (Å²) in [5.41, 5.74) is 13.7. The fourth-order valence-electron chi connectivity index (χ4n) is 8.15.